The van der Waals surface area contributed by atoms with Crippen molar-refractivity contribution in [1.29, 1.82) is 0 Å². The summed E-state index contributed by atoms with van der Waals surface area (Å²) in [5.41, 5.74) is 0.808. The largest absolute Gasteiger partial charge is 0.444 e. The molecule has 3 heterocycles. The highest BCUT2D eigenvalue weighted by Crippen LogP contribution is 2.49. The van der Waals surface area contributed by atoms with E-state index in [1.165, 1.54) is 0 Å². The van der Waals surface area contributed by atoms with Gasteiger partial charge >= 0.3 is 6.09 Å². The summed E-state index contributed by atoms with van der Waals surface area (Å²) in [6, 6.07) is 3.90. The third kappa shape index (κ3) is 4.24. The van der Waals surface area contributed by atoms with Crippen molar-refractivity contribution >= 4 is 17.9 Å². The fourth-order valence-corrected chi connectivity index (χ4v) is 5.27. The minimum atomic E-state index is -0.535. The summed E-state index contributed by atoms with van der Waals surface area (Å²) in [5, 5.41) is 3.11. The fourth-order valence-electron chi connectivity index (χ4n) is 5.27. The number of nitrogens with zero attached hydrogens (tertiary/aromatic N) is 3. The number of nitrogens with one attached hydrogen (secondary N) is 1. The first-order chi connectivity index (χ1) is 15.1. The molecule has 1 spiro atoms. The Hall–Kier alpha value is -2.51. The summed E-state index contributed by atoms with van der Waals surface area (Å²) in [7, 11) is 0. The lowest BCUT2D eigenvalue weighted by Crippen LogP contribution is -2.59. The van der Waals surface area contributed by atoms with Crippen molar-refractivity contribution in [2.45, 2.75) is 77.5 Å². The van der Waals surface area contributed by atoms with E-state index >= 15 is 0 Å². The second kappa shape index (κ2) is 8.45. The Morgan fingerprint density at radius 1 is 1.09 bits per heavy atom. The van der Waals surface area contributed by atoms with Gasteiger partial charge in [0.1, 0.15) is 11.3 Å². The number of likely N-dealkylation sites (tertiary alicyclic amines) is 1. The number of hydrogen-bond donors (Lipinski definition) is 1. The van der Waals surface area contributed by atoms with Crippen LogP contribution in [-0.2, 0) is 21.6 Å². The highest BCUT2D eigenvalue weighted by Gasteiger charge is 2.51. The van der Waals surface area contributed by atoms with Crippen LogP contribution in [0.4, 0.5) is 4.79 Å². The first-order valence-electron chi connectivity index (χ1n) is 11.8. The lowest BCUT2D eigenvalue weighted by Gasteiger charge is -2.53. The smallest absolute Gasteiger partial charge is 0.411 e. The molecule has 32 heavy (non-hydrogen) atoms. The quantitative estimate of drug-likeness (QED) is 0.777. The van der Waals surface area contributed by atoms with Crippen molar-refractivity contribution in [2.24, 2.45) is 5.92 Å². The summed E-state index contributed by atoms with van der Waals surface area (Å²) >= 11 is 0. The fraction of sp³-hybridized carbons (Fsp3) is 0.708. The van der Waals surface area contributed by atoms with Crippen molar-refractivity contribution in [3.8, 4) is 0 Å². The maximum atomic E-state index is 13.0. The molecule has 0 atom stereocenters. The van der Waals surface area contributed by atoms with Gasteiger partial charge in [0.05, 0.1) is 5.54 Å². The summed E-state index contributed by atoms with van der Waals surface area (Å²) in [5.74, 6) is 0.453. The monoisotopic (exact) mass is 444 g/mol. The third-order valence-electron chi connectivity index (χ3n) is 7.16. The molecule has 0 bridgehead atoms. The average molecular weight is 445 g/mol. The van der Waals surface area contributed by atoms with Crippen LogP contribution in [0.2, 0.25) is 0 Å². The predicted octanol–water partition coefficient (Wildman–Crippen LogP) is 3.11. The Morgan fingerprint density at radius 2 is 1.78 bits per heavy atom. The van der Waals surface area contributed by atoms with Crippen LogP contribution in [0.15, 0.2) is 12.1 Å². The van der Waals surface area contributed by atoms with Crippen LogP contribution in [0.3, 0.4) is 0 Å². The molecule has 1 aliphatic carbocycles. The highest BCUT2D eigenvalue weighted by atomic mass is 16.6. The van der Waals surface area contributed by atoms with Crippen molar-refractivity contribution in [3.05, 3.63) is 23.5 Å². The topological polar surface area (TPSA) is 83.9 Å². The molecule has 0 unspecified atom stereocenters. The third-order valence-corrected chi connectivity index (χ3v) is 7.16. The number of aromatic nitrogens is 1. The zero-order valence-corrected chi connectivity index (χ0v) is 19.8. The van der Waals surface area contributed by atoms with E-state index in [0.29, 0.717) is 31.2 Å². The maximum absolute atomic E-state index is 13.0. The van der Waals surface area contributed by atoms with Gasteiger partial charge in [0.15, 0.2) is 0 Å². The van der Waals surface area contributed by atoms with Crippen LogP contribution < -0.4 is 5.32 Å². The standard InChI is InChI=1S/C24H36N4O4/c1-17(29)26-12-8-18(9-13-26)16-25-21(30)19-6-7-20-24(10-5-11-24)28(15-14-27(19)20)22(31)32-23(2,3)4/h6-7,18H,5,8-16H2,1-4H3,(H,25,30). The molecule has 8 nitrogen and oxygen atoms in total. The van der Waals surface area contributed by atoms with Crippen molar-refractivity contribution < 1.29 is 19.1 Å². The zero-order chi connectivity index (χ0) is 23.1. The lowest BCUT2D eigenvalue weighted by molar-refractivity contribution is -0.130. The molecule has 4 rings (SSSR count). The molecule has 1 aromatic heterocycles. The number of amides is 3. The van der Waals surface area contributed by atoms with E-state index in [2.05, 4.69) is 9.88 Å². The van der Waals surface area contributed by atoms with Gasteiger partial charge < -0.3 is 19.5 Å². The molecule has 1 saturated heterocycles. The highest BCUT2D eigenvalue weighted by molar-refractivity contribution is 5.93. The second-order valence-corrected chi connectivity index (χ2v) is 10.4. The normalized spacial score (nSPS) is 20.5. The number of rotatable bonds is 3. The Labute approximate surface area is 190 Å². The van der Waals surface area contributed by atoms with Gasteiger partial charge in [-0.25, -0.2) is 4.79 Å². The number of hydrogen-bond acceptors (Lipinski definition) is 4. The molecule has 1 N–H and O–H groups in total. The van der Waals surface area contributed by atoms with Crippen LogP contribution in [0.5, 0.6) is 0 Å². The van der Waals surface area contributed by atoms with E-state index in [4.69, 9.17) is 4.74 Å². The number of ether oxygens (including phenoxy) is 1. The van der Waals surface area contributed by atoms with Gasteiger partial charge in [-0.15, -0.1) is 0 Å². The average Bonchev–Trinajstić information content (AvgIpc) is 3.13. The Bertz CT molecular complexity index is 888. The van der Waals surface area contributed by atoms with Crippen LogP contribution in [0.1, 0.15) is 76.0 Å². The molecule has 1 saturated carbocycles. The van der Waals surface area contributed by atoms with Gasteiger partial charge in [0.25, 0.3) is 5.91 Å². The first kappa shape index (κ1) is 22.7. The summed E-state index contributed by atoms with van der Waals surface area (Å²) in [4.78, 5) is 41.2. The van der Waals surface area contributed by atoms with Crippen LogP contribution in [0, 0.1) is 5.92 Å². The molecule has 0 aromatic carbocycles. The number of carbonyl (C=O) groups excluding carboxylic acids is 3. The molecule has 2 fully saturated rings. The van der Waals surface area contributed by atoms with E-state index in [0.717, 1.165) is 50.9 Å². The van der Waals surface area contributed by atoms with Crippen LogP contribution >= 0.6 is 0 Å². The summed E-state index contributed by atoms with van der Waals surface area (Å²) < 4.78 is 7.77. The van der Waals surface area contributed by atoms with Crippen molar-refractivity contribution in [1.82, 2.24) is 19.7 Å². The number of fused-ring (bicyclic) bond motifs is 2. The van der Waals surface area contributed by atoms with Crippen LogP contribution in [0.25, 0.3) is 0 Å². The van der Waals surface area contributed by atoms with Gasteiger partial charge in [-0.1, -0.05) is 0 Å². The molecular formula is C24H36N4O4. The molecular weight excluding hydrogens is 408 g/mol. The minimum absolute atomic E-state index is 0.0644. The van der Waals surface area contributed by atoms with Crippen LogP contribution in [-0.4, -0.2) is 64.1 Å². The van der Waals surface area contributed by atoms with Gasteiger partial charge in [-0.3, -0.25) is 14.5 Å². The molecule has 3 amide bonds. The van der Waals surface area contributed by atoms with E-state index in [1.54, 1.807) is 6.92 Å². The zero-order valence-electron chi connectivity index (χ0n) is 19.8. The molecule has 2 aliphatic heterocycles. The molecule has 1 aromatic rings. The van der Waals surface area contributed by atoms with E-state index < -0.39 is 5.60 Å². The molecule has 0 radical (unpaired) electrons. The van der Waals surface area contributed by atoms with Crippen molar-refractivity contribution in [2.75, 3.05) is 26.2 Å². The van der Waals surface area contributed by atoms with E-state index in [9.17, 15) is 14.4 Å². The van der Waals surface area contributed by atoms with Crippen molar-refractivity contribution in [3.63, 3.8) is 0 Å². The Morgan fingerprint density at radius 3 is 2.34 bits per heavy atom. The Balaban J connectivity index is 1.42. The van der Waals surface area contributed by atoms with Gasteiger partial charge in [-0.2, -0.15) is 0 Å². The first-order valence-corrected chi connectivity index (χ1v) is 11.8. The molecule has 176 valence electrons. The summed E-state index contributed by atoms with van der Waals surface area (Å²) in [6.45, 7) is 10.5. The SMILES string of the molecule is CC(=O)N1CCC(CNC(=O)c2ccc3n2CCN(C(=O)OC(C)(C)C)C32CCC2)CC1. The molecule has 3 aliphatic rings. The van der Waals surface area contributed by atoms with Gasteiger partial charge in [0.2, 0.25) is 5.91 Å². The number of carbonyl (C=O) groups is 3. The predicted molar refractivity (Wildman–Crippen MR) is 120 cm³/mol. The summed E-state index contributed by atoms with van der Waals surface area (Å²) in [6.07, 6.45) is 4.41. The Kier molecular flexibility index (Phi) is 5.98. The van der Waals surface area contributed by atoms with E-state index in [-0.39, 0.29) is 23.4 Å². The van der Waals surface area contributed by atoms with Gasteiger partial charge in [0, 0.05) is 45.3 Å². The maximum Gasteiger partial charge on any atom is 0.411 e. The minimum Gasteiger partial charge on any atom is -0.444 e. The van der Waals surface area contributed by atoms with E-state index in [1.807, 2.05) is 42.7 Å². The molecule has 8 heteroatoms. The number of piperidine rings is 1. The second-order valence-electron chi connectivity index (χ2n) is 10.4. The van der Waals surface area contributed by atoms with Gasteiger partial charge in [-0.05, 0) is 70.9 Å². The lowest BCUT2D eigenvalue weighted by atomic mass is 9.72.